The van der Waals surface area contributed by atoms with E-state index in [0.717, 1.165) is 32.1 Å². The summed E-state index contributed by atoms with van der Waals surface area (Å²) in [4.78, 5) is 15.6. The molecule has 1 fully saturated rings. The number of methoxy groups -OCH3 is 1. The van der Waals surface area contributed by atoms with Gasteiger partial charge in [-0.05, 0) is 49.4 Å². The molecule has 1 aromatic heterocycles. The Balaban J connectivity index is 1.82. The molecule has 0 amide bonds. The van der Waals surface area contributed by atoms with E-state index in [1.54, 1.807) is 34.6 Å². The van der Waals surface area contributed by atoms with Gasteiger partial charge in [0.05, 0.1) is 12.8 Å². The van der Waals surface area contributed by atoms with Gasteiger partial charge in [-0.3, -0.25) is 4.72 Å². The molecule has 3 rings (SSSR count). The number of anilines is 1. The van der Waals surface area contributed by atoms with Gasteiger partial charge in [0.2, 0.25) is 0 Å². The first-order valence-electron chi connectivity index (χ1n) is 11.3. The molecule has 0 unspecified atom stereocenters. The fraction of sp³-hybridized carbons (Fsp3) is 0.440. The molecule has 0 aliphatic carbocycles. The van der Waals surface area contributed by atoms with Crippen molar-refractivity contribution in [2.75, 3.05) is 18.4 Å². The lowest BCUT2D eigenvalue weighted by atomic mass is 9.89. The third-order valence-corrected chi connectivity index (χ3v) is 7.44. The van der Waals surface area contributed by atoms with Crippen LogP contribution in [0.15, 0.2) is 42.6 Å². The second kappa shape index (κ2) is 11.3. The van der Waals surface area contributed by atoms with Crippen LogP contribution < -0.4 is 4.72 Å². The van der Waals surface area contributed by atoms with E-state index in [4.69, 9.17) is 0 Å². The number of nitrogens with zero attached hydrogens (tertiary/aromatic N) is 2. The number of carbonyl (C=O) groups is 1. The molecule has 2 heterocycles. The predicted molar refractivity (Wildman–Crippen MR) is 129 cm³/mol. The van der Waals surface area contributed by atoms with Gasteiger partial charge >= 0.3 is 16.2 Å². The number of para-hydroxylation sites is 1. The van der Waals surface area contributed by atoms with Crippen LogP contribution in [0.3, 0.4) is 0 Å². The minimum atomic E-state index is -3.72. The highest BCUT2D eigenvalue weighted by Crippen LogP contribution is 2.30. The van der Waals surface area contributed by atoms with Crippen molar-refractivity contribution in [3.63, 3.8) is 0 Å². The zero-order valence-corrected chi connectivity index (χ0v) is 20.2. The Morgan fingerprint density at radius 1 is 1.24 bits per heavy atom. The van der Waals surface area contributed by atoms with E-state index < -0.39 is 16.2 Å². The Hall–Kier alpha value is -2.89. The summed E-state index contributed by atoms with van der Waals surface area (Å²) >= 11 is 0. The van der Waals surface area contributed by atoms with E-state index >= 15 is 0 Å². The Bertz CT molecular complexity index is 1120. The summed E-state index contributed by atoms with van der Waals surface area (Å²) in [6, 6.07) is 10.3. The maximum atomic E-state index is 13.3. The number of aromatic nitrogens is 1. The first-order chi connectivity index (χ1) is 15.9. The number of benzene rings is 1. The third-order valence-electron chi connectivity index (χ3n) is 5.89. The summed E-state index contributed by atoms with van der Waals surface area (Å²) in [5.74, 6) is 5.82. The van der Waals surface area contributed by atoms with Gasteiger partial charge < -0.3 is 4.74 Å². The van der Waals surface area contributed by atoms with Gasteiger partial charge in [-0.15, -0.1) is 0 Å². The number of piperidine rings is 1. The van der Waals surface area contributed by atoms with Gasteiger partial charge in [-0.1, -0.05) is 50.7 Å². The highest BCUT2D eigenvalue weighted by Gasteiger charge is 2.36. The van der Waals surface area contributed by atoms with Gasteiger partial charge in [-0.2, -0.15) is 12.7 Å². The summed E-state index contributed by atoms with van der Waals surface area (Å²) in [6.07, 6.45) is 6.31. The molecule has 2 atom stereocenters. The number of hydrogen-bond acceptors (Lipinski definition) is 5. The van der Waals surface area contributed by atoms with E-state index in [1.165, 1.54) is 13.3 Å². The maximum Gasteiger partial charge on any atom is 0.356 e. The SMILES string of the molecule is CCCC[C@H]1[C@H](C)CCCN1S(=O)(=O)Nc1ccccc1C#Cc1ccc(C(=O)OC)nc1. The van der Waals surface area contributed by atoms with Crippen molar-refractivity contribution in [1.29, 1.82) is 0 Å². The predicted octanol–water partition coefficient (Wildman–Crippen LogP) is 4.22. The van der Waals surface area contributed by atoms with Crippen molar-refractivity contribution in [2.24, 2.45) is 5.92 Å². The topological polar surface area (TPSA) is 88.6 Å². The molecule has 0 bridgehead atoms. The summed E-state index contributed by atoms with van der Waals surface area (Å²) in [7, 11) is -2.42. The van der Waals surface area contributed by atoms with Crippen LogP contribution in [0.4, 0.5) is 5.69 Å². The van der Waals surface area contributed by atoms with Crippen molar-refractivity contribution < 1.29 is 17.9 Å². The van der Waals surface area contributed by atoms with Crippen molar-refractivity contribution in [1.82, 2.24) is 9.29 Å². The fourth-order valence-corrected chi connectivity index (χ4v) is 5.67. The zero-order valence-electron chi connectivity index (χ0n) is 19.4. The Kier molecular flexibility index (Phi) is 8.48. The lowest BCUT2D eigenvalue weighted by Crippen LogP contribution is -2.49. The number of rotatable bonds is 7. The number of esters is 1. The molecule has 2 aromatic rings. The van der Waals surface area contributed by atoms with Gasteiger partial charge in [0, 0.05) is 29.9 Å². The molecule has 1 saturated heterocycles. The average Bonchev–Trinajstić information content (AvgIpc) is 2.82. The number of ether oxygens (including phenoxy) is 1. The van der Waals surface area contributed by atoms with Crippen LogP contribution >= 0.6 is 0 Å². The van der Waals surface area contributed by atoms with E-state index in [2.05, 4.69) is 40.1 Å². The van der Waals surface area contributed by atoms with E-state index in [1.807, 2.05) is 6.07 Å². The van der Waals surface area contributed by atoms with Crippen molar-refractivity contribution in [2.45, 2.75) is 52.0 Å². The number of nitrogens with one attached hydrogen (secondary N) is 1. The maximum absolute atomic E-state index is 13.3. The van der Waals surface area contributed by atoms with Crippen LogP contribution in [0.5, 0.6) is 0 Å². The highest BCUT2D eigenvalue weighted by atomic mass is 32.2. The average molecular weight is 470 g/mol. The molecule has 0 saturated carbocycles. The van der Waals surface area contributed by atoms with Crippen molar-refractivity contribution in [3.8, 4) is 11.8 Å². The van der Waals surface area contributed by atoms with Crippen LogP contribution in [0.2, 0.25) is 0 Å². The van der Waals surface area contributed by atoms with Crippen LogP contribution in [-0.4, -0.2) is 43.4 Å². The number of carbonyl (C=O) groups excluding carboxylic acids is 1. The molecule has 176 valence electrons. The molecule has 1 aliphatic rings. The molecule has 0 spiro atoms. The van der Waals surface area contributed by atoms with E-state index in [0.29, 0.717) is 29.3 Å². The molecule has 1 N–H and O–H groups in total. The van der Waals surface area contributed by atoms with Crippen LogP contribution in [0, 0.1) is 17.8 Å². The van der Waals surface area contributed by atoms with E-state index in [-0.39, 0.29) is 11.7 Å². The summed E-state index contributed by atoms with van der Waals surface area (Å²) in [5, 5.41) is 0. The molecule has 0 radical (unpaired) electrons. The molecule has 8 heteroatoms. The van der Waals surface area contributed by atoms with Gasteiger partial charge in [-0.25, -0.2) is 9.78 Å². The molecule has 7 nitrogen and oxygen atoms in total. The lowest BCUT2D eigenvalue weighted by Gasteiger charge is -2.39. The number of unbranched alkanes of at least 4 members (excludes halogenated alkanes) is 1. The second-order valence-electron chi connectivity index (χ2n) is 8.27. The number of pyridine rings is 1. The molecule has 1 aliphatic heterocycles. The molecule has 1 aromatic carbocycles. The van der Waals surface area contributed by atoms with Crippen LogP contribution in [0.1, 0.15) is 67.6 Å². The quantitative estimate of drug-likeness (QED) is 0.485. The highest BCUT2D eigenvalue weighted by molar-refractivity contribution is 7.90. The zero-order chi connectivity index (χ0) is 23.8. The molecule has 33 heavy (non-hydrogen) atoms. The fourth-order valence-electron chi connectivity index (χ4n) is 4.06. The van der Waals surface area contributed by atoms with Crippen LogP contribution in [0.25, 0.3) is 0 Å². The largest absolute Gasteiger partial charge is 0.464 e. The number of hydrogen-bond donors (Lipinski definition) is 1. The summed E-state index contributed by atoms with van der Waals surface area (Å²) in [6.45, 7) is 4.79. The Morgan fingerprint density at radius 3 is 2.73 bits per heavy atom. The van der Waals surface area contributed by atoms with Crippen LogP contribution in [-0.2, 0) is 14.9 Å². The molecular weight excluding hydrogens is 438 g/mol. The normalized spacial score (nSPS) is 18.8. The smallest absolute Gasteiger partial charge is 0.356 e. The van der Waals surface area contributed by atoms with Gasteiger partial charge in [0.15, 0.2) is 0 Å². The van der Waals surface area contributed by atoms with E-state index in [9.17, 15) is 13.2 Å². The Labute approximate surface area is 196 Å². The summed E-state index contributed by atoms with van der Waals surface area (Å²) < 4.78 is 35.7. The van der Waals surface area contributed by atoms with Crippen molar-refractivity contribution in [3.05, 3.63) is 59.4 Å². The van der Waals surface area contributed by atoms with Gasteiger partial charge in [0.25, 0.3) is 0 Å². The minimum Gasteiger partial charge on any atom is -0.464 e. The second-order valence-corrected chi connectivity index (χ2v) is 9.89. The van der Waals surface area contributed by atoms with Gasteiger partial charge in [0.1, 0.15) is 5.69 Å². The monoisotopic (exact) mass is 469 g/mol. The first kappa shape index (κ1) is 24.7. The Morgan fingerprint density at radius 2 is 2.03 bits per heavy atom. The minimum absolute atomic E-state index is 0.00819. The summed E-state index contributed by atoms with van der Waals surface area (Å²) in [5.41, 5.74) is 1.80. The lowest BCUT2D eigenvalue weighted by molar-refractivity contribution is 0.0594. The third kappa shape index (κ3) is 6.34. The first-order valence-corrected chi connectivity index (χ1v) is 12.7. The van der Waals surface area contributed by atoms with Crippen molar-refractivity contribution >= 4 is 21.9 Å². The standard InChI is InChI=1S/C25H31N3O4S/c1-4-5-12-24-19(2)9-8-17-28(24)33(30,31)27-22-11-7-6-10-21(22)15-13-20-14-16-23(26-18-20)25(29)32-3/h6-7,10-11,14,16,18-19,24,27H,4-5,8-9,12,17H2,1-3H3/t19-,24+/m1/s1. The molecular formula is C25H31N3O4S.